The lowest BCUT2D eigenvalue weighted by molar-refractivity contribution is 1.25. The van der Waals surface area contributed by atoms with E-state index in [1.54, 1.807) is 0 Å². The third-order valence-corrected chi connectivity index (χ3v) is 3.96. The minimum Gasteiger partial charge on any atom is -0.335 e. The minimum absolute atomic E-state index is 0.765. The normalized spacial score (nSPS) is 12.4. The van der Waals surface area contributed by atoms with Crippen molar-refractivity contribution in [2.45, 2.75) is 0 Å². The van der Waals surface area contributed by atoms with Crippen LogP contribution < -0.4 is 10.6 Å². The molecule has 5 rings (SSSR count). The first-order valence-corrected chi connectivity index (χ1v) is 7.20. The van der Waals surface area contributed by atoms with Crippen molar-refractivity contribution in [3.63, 3.8) is 0 Å². The molecule has 1 aromatic heterocycles. The third kappa shape index (κ3) is 1.64. The van der Waals surface area contributed by atoms with Gasteiger partial charge in [-0.2, -0.15) is 0 Å². The van der Waals surface area contributed by atoms with E-state index in [9.17, 15) is 0 Å². The van der Waals surface area contributed by atoms with Crippen LogP contribution in [-0.2, 0) is 0 Å². The lowest BCUT2D eigenvalue weighted by atomic mass is 10.1. The molecule has 2 N–H and O–H groups in total. The molecule has 0 bridgehead atoms. The molecule has 2 heterocycles. The number of hydrogen-bond acceptors (Lipinski definition) is 4. The lowest BCUT2D eigenvalue weighted by Gasteiger charge is -2.22. The summed E-state index contributed by atoms with van der Waals surface area (Å²) in [5, 5.41) is 9.18. The highest BCUT2D eigenvalue weighted by Crippen LogP contribution is 2.39. The predicted octanol–water partition coefficient (Wildman–Crippen LogP) is 4.58. The van der Waals surface area contributed by atoms with Crippen molar-refractivity contribution in [2.24, 2.45) is 0 Å². The zero-order chi connectivity index (χ0) is 14.5. The van der Waals surface area contributed by atoms with E-state index in [0.29, 0.717) is 0 Å². The van der Waals surface area contributed by atoms with Crippen molar-refractivity contribution in [3.8, 4) is 0 Å². The fourth-order valence-electron chi connectivity index (χ4n) is 2.88. The van der Waals surface area contributed by atoms with Crippen molar-refractivity contribution in [3.05, 3.63) is 60.7 Å². The zero-order valence-corrected chi connectivity index (χ0v) is 11.7. The van der Waals surface area contributed by atoms with Gasteiger partial charge in [0.1, 0.15) is 0 Å². The van der Waals surface area contributed by atoms with E-state index in [1.807, 2.05) is 36.4 Å². The van der Waals surface area contributed by atoms with E-state index in [-0.39, 0.29) is 0 Å². The Morgan fingerprint density at radius 3 is 1.55 bits per heavy atom. The molecule has 4 aromatic rings. The molecule has 0 radical (unpaired) electrons. The summed E-state index contributed by atoms with van der Waals surface area (Å²) in [6.07, 6.45) is 0. The van der Waals surface area contributed by atoms with Crippen LogP contribution >= 0.6 is 0 Å². The number of hydrogen-bond donors (Lipinski definition) is 2. The molecular formula is C18H12N4. The second kappa shape index (κ2) is 4.18. The second-order valence-corrected chi connectivity index (χ2v) is 5.40. The fraction of sp³-hybridized carbons (Fsp3) is 0. The molecule has 104 valence electrons. The summed E-state index contributed by atoms with van der Waals surface area (Å²) in [4.78, 5) is 9.32. The molecule has 0 unspecified atom stereocenters. The standard InChI is InChI=1S/C18H12N4/c1-2-6-12-10-16-15(9-11(12)5-1)21-17-18(22-16)20-14-8-4-3-7-13(14)19-17/h1-10H,(H,19,21)(H,20,22). The first kappa shape index (κ1) is 11.5. The molecule has 0 saturated heterocycles. The van der Waals surface area contributed by atoms with Crippen molar-refractivity contribution in [1.82, 2.24) is 9.97 Å². The molecule has 4 heteroatoms. The Labute approximate surface area is 126 Å². The Kier molecular flexibility index (Phi) is 2.19. The first-order valence-electron chi connectivity index (χ1n) is 7.20. The maximum atomic E-state index is 4.66. The number of aromatic nitrogens is 2. The lowest BCUT2D eigenvalue weighted by Crippen LogP contribution is -2.10. The van der Waals surface area contributed by atoms with E-state index < -0.39 is 0 Å². The first-order chi connectivity index (χ1) is 10.9. The van der Waals surface area contributed by atoms with Crippen molar-refractivity contribution in [2.75, 3.05) is 10.6 Å². The molecule has 4 nitrogen and oxygen atoms in total. The van der Waals surface area contributed by atoms with Crippen LogP contribution in [0.3, 0.4) is 0 Å². The van der Waals surface area contributed by atoms with Gasteiger partial charge in [-0.3, -0.25) is 0 Å². The van der Waals surface area contributed by atoms with E-state index >= 15 is 0 Å². The second-order valence-electron chi connectivity index (χ2n) is 5.40. The maximum Gasteiger partial charge on any atom is 0.174 e. The summed E-state index contributed by atoms with van der Waals surface area (Å²) in [7, 11) is 0. The van der Waals surface area contributed by atoms with Crippen LogP contribution in [-0.4, -0.2) is 9.97 Å². The van der Waals surface area contributed by atoms with Gasteiger partial charge in [0.05, 0.1) is 22.4 Å². The van der Waals surface area contributed by atoms with Gasteiger partial charge in [-0.1, -0.05) is 36.4 Å². The SMILES string of the molecule is c1ccc2cc3c(cc2c1)Nc1nc2ccccc2nc1N3. The van der Waals surface area contributed by atoms with E-state index in [2.05, 4.69) is 44.9 Å². The van der Waals surface area contributed by atoms with Gasteiger partial charge in [-0.15, -0.1) is 0 Å². The monoisotopic (exact) mass is 284 g/mol. The average molecular weight is 284 g/mol. The van der Waals surface area contributed by atoms with Gasteiger partial charge in [0.15, 0.2) is 11.6 Å². The van der Waals surface area contributed by atoms with Crippen molar-refractivity contribution in [1.29, 1.82) is 0 Å². The van der Waals surface area contributed by atoms with Gasteiger partial charge in [-0.25, -0.2) is 9.97 Å². The van der Waals surface area contributed by atoms with Gasteiger partial charge in [-0.05, 0) is 35.0 Å². The Balaban J connectivity index is 1.71. The Morgan fingerprint density at radius 1 is 0.591 bits per heavy atom. The van der Waals surface area contributed by atoms with Gasteiger partial charge < -0.3 is 10.6 Å². The fourth-order valence-corrected chi connectivity index (χ4v) is 2.88. The maximum absolute atomic E-state index is 4.66. The summed E-state index contributed by atoms with van der Waals surface area (Å²) in [5.41, 5.74) is 3.83. The largest absolute Gasteiger partial charge is 0.335 e. The van der Waals surface area contributed by atoms with Crippen molar-refractivity contribution < 1.29 is 0 Å². The van der Waals surface area contributed by atoms with Crippen LogP contribution in [0.15, 0.2) is 60.7 Å². The van der Waals surface area contributed by atoms with E-state index in [1.165, 1.54) is 10.8 Å². The molecule has 0 amide bonds. The van der Waals surface area contributed by atoms with Crippen LogP contribution in [0.5, 0.6) is 0 Å². The summed E-state index contributed by atoms with van der Waals surface area (Å²) in [6, 6.07) is 20.5. The molecule has 0 atom stereocenters. The van der Waals surface area contributed by atoms with Gasteiger partial charge >= 0.3 is 0 Å². The molecule has 22 heavy (non-hydrogen) atoms. The van der Waals surface area contributed by atoms with Crippen LogP contribution in [0, 0.1) is 0 Å². The summed E-state index contributed by atoms with van der Waals surface area (Å²) >= 11 is 0. The number of nitrogens with one attached hydrogen (secondary N) is 2. The van der Waals surface area contributed by atoms with Gasteiger partial charge in [0.25, 0.3) is 0 Å². The quantitative estimate of drug-likeness (QED) is 0.437. The molecule has 0 aliphatic carbocycles. The van der Waals surface area contributed by atoms with E-state index in [4.69, 9.17) is 0 Å². The Hall–Kier alpha value is -3.14. The number of nitrogens with zero attached hydrogens (tertiary/aromatic N) is 2. The van der Waals surface area contributed by atoms with Crippen LogP contribution in [0.25, 0.3) is 21.8 Å². The highest BCUT2D eigenvalue weighted by Gasteiger charge is 2.18. The molecule has 0 spiro atoms. The molecule has 3 aromatic carbocycles. The van der Waals surface area contributed by atoms with Gasteiger partial charge in [0, 0.05) is 0 Å². The van der Waals surface area contributed by atoms with Crippen LogP contribution in [0.4, 0.5) is 23.0 Å². The summed E-state index contributed by atoms with van der Waals surface area (Å²) < 4.78 is 0. The summed E-state index contributed by atoms with van der Waals surface area (Å²) in [5.74, 6) is 1.53. The zero-order valence-electron chi connectivity index (χ0n) is 11.7. The number of fused-ring (bicyclic) bond motifs is 4. The van der Waals surface area contributed by atoms with Crippen LogP contribution in [0.1, 0.15) is 0 Å². The molecule has 1 aliphatic rings. The molecular weight excluding hydrogens is 272 g/mol. The smallest absolute Gasteiger partial charge is 0.174 e. The van der Waals surface area contributed by atoms with Crippen molar-refractivity contribution >= 4 is 44.8 Å². The number of para-hydroxylation sites is 2. The number of benzene rings is 3. The van der Waals surface area contributed by atoms with E-state index in [0.717, 1.165) is 34.0 Å². The third-order valence-electron chi connectivity index (χ3n) is 3.96. The van der Waals surface area contributed by atoms with Gasteiger partial charge in [0.2, 0.25) is 0 Å². The predicted molar refractivity (Wildman–Crippen MR) is 90.1 cm³/mol. The average Bonchev–Trinajstić information content (AvgIpc) is 2.56. The molecule has 0 saturated carbocycles. The topological polar surface area (TPSA) is 49.8 Å². The Bertz CT molecular complexity index is 873. The Morgan fingerprint density at radius 2 is 1.05 bits per heavy atom. The minimum atomic E-state index is 0.765. The molecule has 0 fully saturated rings. The summed E-state index contributed by atoms with van der Waals surface area (Å²) in [6.45, 7) is 0. The number of rotatable bonds is 0. The highest BCUT2D eigenvalue weighted by atomic mass is 15.2. The highest BCUT2D eigenvalue weighted by molar-refractivity contribution is 5.98. The number of anilines is 4. The van der Waals surface area contributed by atoms with Crippen LogP contribution in [0.2, 0.25) is 0 Å². The molecule has 1 aliphatic heterocycles.